The van der Waals surface area contributed by atoms with Gasteiger partial charge in [-0.05, 0) is 0 Å². The van der Waals surface area contributed by atoms with Gasteiger partial charge in [-0.1, -0.05) is 0 Å². The molecule has 5 N–H and O–H groups in total. The average molecular weight is 166 g/mol. The standard InChI is InChI=1S/Ca.Li.H3O4P.H2O.3H/c;;1-5(2,3)4;;;;/h;;(H3,1,2,3,4);1H2;;;/q+2;+1;;;3*-1. The van der Waals surface area contributed by atoms with Crippen molar-refractivity contribution in [3.8, 4) is 0 Å². The fourth-order valence-corrected chi connectivity index (χ4v) is 0. The van der Waals surface area contributed by atoms with E-state index in [0.29, 0.717) is 0 Å². The summed E-state index contributed by atoms with van der Waals surface area (Å²) in [5.74, 6) is 0. The molecule has 0 bridgehead atoms. The van der Waals surface area contributed by atoms with Crippen LogP contribution in [0.25, 0.3) is 0 Å². The van der Waals surface area contributed by atoms with Crippen LogP contribution in [0, 0.1) is 0 Å². The van der Waals surface area contributed by atoms with Crippen LogP contribution in [-0.2, 0) is 4.57 Å². The molecular weight excluding hydrogens is 158 g/mol. The van der Waals surface area contributed by atoms with E-state index in [1.54, 1.807) is 0 Å². The third-order valence-corrected chi connectivity index (χ3v) is 0. The zero-order valence-electron chi connectivity index (χ0n) is 7.40. The number of hydrogen-bond donors (Lipinski definition) is 3. The van der Waals surface area contributed by atoms with E-state index >= 15 is 0 Å². The van der Waals surface area contributed by atoms with Crippen LogP contribution in [0.15, 0.2) is 0 Å². The third kappa shape index (κ3) is 102. The minimum absolute atomic E-state index is 0. The maximum atomic E-state index is 8.88. The van der Waals surface area contributed by atoms with Crippen molar-refractivity contribution in [2.24, 2.45) is 0 Å². The minimum Gasteiger partial charge on any atom is -1.00 e. The Bertz CT molecular complexity index is 67.9. The van der Waals surface area contributed by atoms with Crippen LogP contribution in [0.3, 0.4) is 0 Å². The molecule has 0 rings (SSSR count). The normalized spacial score (nSPS) is 7.38. The molecular formula is H8CaLiO5P. The molecule has 0 heterocycles. The number of rotatable bonds is 0. The summed E-state index contributed by atoms with van der Waals surface area (Å²) in [5, 5.41) is 0. The fourth-order valence-electron chi connectivity index (χ4n) is 0. The molecule has 0 radical (unpaired) electrons. The van der Waals surface area contributed by atoms with E-state index in [1.807, 2.05) is 0 Å². The van der Waals surface area contributed by atoms with Gasteiger partial charge in [0.2, 0.25) is 0 Å². The van der Waals surface area contributed by atoms with Crippen molar-refractivity contribution in [2.75, 3.05) is 0 Å². The van der Waals surface area contributed by atoms with Crippen LogP contribution in [0.5, 0.6) is 0 Å². The second-order valence-corrected chi connectivity index (χ2v) is 1.54. The van der Waals surface area contributed by atoms with E-state index in [1.165, 1.54) is 0 Å². The largest absolute Gasteiger partial charge is 2.00 e. The molecule has 0 aliphatic rings. The molecule has 5 nitrogen and oxygen atoms in total. The van der Waals surface area contributed by atoms with Crippen LogP contribution in [0.1, 0.15) is 4.28 Å². The van der Waals surface area contributed by atoms with Crippen molar-refractivity contribution in [2.45, 2.75) is 0 Å². The molecule has 0 aromatic heterocycles. The van der Waals surface area contributed by atoms with Crippen molar-refractivity contribution in [3.63, 3.8) is 0 Å². The van der Waals surface area contributed by atoms with Crippen LogP contribution in [0.2, 0.25) is 0 Å². The Labute approximate surface area is 92.7 Å². The van der Waals surface area contributed by atoms with Gasteiger partial charge in [-0.25, -0.2) is 4.57 Å². The summed E-state index contributed by atoms with van der Waals surface area (Å²) in [4.78, 5) is 21.6. The Morgan fingerprint density at radius 3 is 1.25 bits per heavy atom. The van der Waals surface area contributed by atoms with Gasteiger partial charge in [0, 0.05) is 0 Å². The molecule has 0 saturated carbocycles. The van der Waals surface area contributed by atoms with E-state index in [2.05, 4.69) is 0 Å². The van der Waals surface area contributed by atoms with Crippen molar-refractivity contribution >= 4 is 45.6 Å². The van der Waals surface area contributed by atoms with Crippen molar-refractivity contribution in [1.82, 2.24) is 0 Å². The molecule has 0 aliphatic heterocycles. The van der Waals surface area contributed by atoms with E-state index in [-0.39, 0.29) is 66.4 Å². The first kappa shape index (κ1) is 22.5. The minimum atomic E-state index is -4.64. The summed E-state index contributed by atoms with van der Waals surface area (Å²) in [5.41, 5.74) is 0. The molecule has 46 valence electrons. The summed E-state index contributed by atoms with van der Waals surface area (Å²) in [7, 11) is -4.64. The first-order valence-electron chi connectivity index (χ1n) is 0.783. The first-order chi connectivity index (χ1) is 2.00. The van der Waals surface area contributed by atoms with Gasteiger partial charge in [-0.2, -0.15) is 0 Å². The summed E-state index contributed by atoms with van der Waals surface area (Å²) in [6.07, 6.45) is 0. The molecule has 0 aliphatic carbocycles. The molecule has 0 saturated heterocycles. The van der Waals surface area contributed by atoms with Gasteiger partial charge in [-0.3, -0.25) is 0 Å². The zero-order valence-corrected chi connectivity index (χ0v) is 7.51. The number of phosphoric acid groups is 1. The topological polar surface area (TPSA) is 109 Å². The van der Waals surface area contributed by atoms with Gasteiger partial charge in [-0.15, -0.1) is 0 Å². The summed E-state index contributed by atoms with van der Waals surface area (Å²) < 4.78 is 8.88. The first-order valence-corrected chi connectivity index (χ1v) is 2.35. The van der Waals surface area contributed by atoms with E-state index in [9.17, 15) is 0 Å². The third-order valence-electron chi connectivity index (χ3n) is 0. The molecule has 0 aromatic carbocycles. The maximum absolute atomic E-state index is 8.88. The van der Waals surface area contributed by atoms with E-state index in [4.69, 9.17) is 19.2 Å². The Hall–Kier alpha value is 1.93. The molecule has 0 aromatic rings. The Balaban J connectivity index is -0.00000000533. The van der Waals surface area contributed by atoms with E-state index in [0.717, 1.165) is 0 Å². The van der Waals surface area contributed by atoms with Crippen molar-refractivity contribution < 1.29 is 47.9 Å². The Morgan fingerprint density at radius 1 is 1.25 bits per heavy atom. The molecule has 8 heteroatoms. The summed E-state index contributed by atoms with van der Waals surface area (Å²) >= 11 is 0. The fraction of sp³-hybridized carbons (Fsp3) is 0. The van der Waals surface area contributed by atoms with Crippen molar-refractivity contribution in [3.05, 3.63) is 0 Å². The molecule has 8 heavy (non-hydrogen) atoms. The summed E-state index contributed by atoms with van der Waals surface area (Å²) in [6.45, 7) is 0. The van der Waals surface area contributed by atoms with Crippen LogP contribution < -0.4 is 18.9 Å². The predicted octanol–water partition coefficient (Wildman–Crippen LogP) is -4.79. The van der Waals surface area contributed by atoms with E-state index < -0.39 is 7.82 Å². The molecule has 0 amide bonds. The quantitative estimate of drug-likeness (QED) is 0.248. The Morgan fingerprint density at radius 2 is 1.25 bits per heavy atom. The number of hydrogen-bond acceptors (Lipinski definition) is 1. The molecule has 0 unspecified atom stereocenters. The molecule has 0 atom stereocenters. The van der Waals surface area contributed by atoms with Gasteiger partial charge in [0.25, 0.3) is 0 Å². The second kappa shape index (κ2) is 8.93. The predicted molar refractivity (Wildman–Crippen MR) is 27.0 cm³/mol. The monoisotopic (exact) mass is 166 g/mol. The Kier molecular flexibility index (Phi) is 25.1. The second-order valence-electron chi connectivity index (χ2n) is 0.513. The van der Waals surface area contributed by atoms with Crippen LogP contribution in [-0.4, -0.2) is 57.9 Å². The van der Waals surface area contributed by atoms with Crippen LogP contribution in [0.4, 0.5) is 0 Å². The van der Waals surface area contributed by atoms with Gasteiger partial charge >= 0.3 is 64.4 Å². The SMILES string of the molecule is O.O=P(O)(O)O.[Ca+2].[H-].[H-].[H-].[Li+]. The van der Waals surface area contributed by atoms with Gasteiger partial charge < -0.3 is 24.4 Å². The molecule has 0 spiro atoms. The van der Waals surface area contributed by atoms with Crippen molar-refractivity contribution in [1.29, 1.82) is 0 Å². The van der Waals surface area contributed by atoms with Gasteiger partial charge in [0.15, 0.2) is 0 Å². The zero-order chi connectivity index (χ0) is 4.50. The summed E-state index contributed by atoms with van der Waals surface area (Å²) in [6, 6.07) is 0. The van der Waals surface area contributed by atoms with Gasteiger partial charge in [0.05, 0.1) is 0 Å². The van der Waals surface area contributed by atoms with Crippen LogP contribution >= 0.6 is 7.82 Å². The average Bonchev–Trinajstić information content (AvgIpc) is 0.722. The van der Waals surface area contributed by atoms with Gasteiger partial charge in [0.1, 0.15) is 0 Å². The smallest absolute Gasteiger partial charge is 1.00 e. The molecule has 0 fully saturated rings. The maximum Gasteiger partial charge on any atom is 2.00 e.